The van der Waals surface area contributed by atoms with Crippen LogP contribution in [0.1, 0.15) is 37.3 Å². The highest BCUT2D eigenvalue weighted by molar-refractivity contribution is 5.77. The minimum absolute atomic E-state index is 0.0870. The zero-order valence-corrected chi connectivity index (χ0v) is 16.7. The van der Waals surface area contributed by atoms with Crippen LogP contribution in [0.2, 0.25) is 0 Å². The van der Waals surface area contributed by atoms with E-state index in [0.717, 1.165) is 18.7 Å². The summed E-state index contributed by atoms with van der Waals surface area (Å²) in [5.41, 5.74) is 2.12. The molecule has 0 spiro atoms. The molecule has 1 heterocycles. The molecule has 0 bridgehead atoms. The van der Waals surface area contributed by atoms with Crippen LogP contribution in [0.4, 0.5) is 5.69 Å². The van der Waals surface area contributed by atoms with Crippen LogP contribution in [-0.4, -0.2) is 34.9 Å². The summed E-state index contributed by atoms with van der Waals surface area (Å²) in [4.78, 5) is 25.0. The van der Waals surface area contributed by atoms with Gasteiger partial charge in [0.2, 0.25) is 0 Å². The number of hydrogen-bond acceptors (Lipinski definition) is 5. The molecule has 0 saturated carbocycles. The van der Waals surface area contributed by atoms with Gasteiger partial charge in [-0.05, 0) is 43.5 Å². The van der Waals surface area contributed by atoms with E-state index in [2.05, 4.69) is 29.3 Å². The highest BCUT2D eigenvalue weighted by Gasteiger charge is 2.18. The molecule has 3 rings (SSSR count). The molecule has 7 nitrogen and oxygen atoms in total. The number of nitro groups is 1. The molecule has 1 unspecified atom stereocenters. The van der Waals surface area contributed by atoms with Gasteiger partial charge >= 0.3 is 5.69 Å². The second kappa shape index (κ2) is 10.0. The molecule has 1 aliphatic heterocycles. The van der Waals surface area contributed by atoms with Crippen molar-refractivity contribution in [1.82, 2.24) is 10.2 Å². The van der Waals surface area contributed by atoms with Crippen molar-refractivity contribution in [2.75, 3.05) is 13.2 Å². The Bertz CT molecular complexity index is 838. The van der Waals surface area contributed by atoms with Crippen LogP contribution >= 0.6 is 0 Å². The topological polar surface area (TPSA) is 84.7 Å². The summed E-state index contributed by atoms with van der Waals surface area (Å²) in [5.74, 6) is -0.238. The predicted molar refractivity (Wildman–Crippen MR) is 111 cm³/mol. The number of para-hydroxylation sites is 2. The lowest BCUT2D eigenvalue weighted by Crippen LogP contribution is -2.36. The maximum Gasteiger partial charge on any atom is 0.310 e. The monoisotopic (exact) mass is 397 g/mol. The van der Waals surface area contributed by atoms with Crippen molar-refractivity contribution < 1.29 is 14.5 Å². The average molecular weight is 397 g/mol. The number of benzene rings is 2. The zero-order chi connectivity index (χ0) is 20.6. The van der Waals surface area contributed by atoms with E-state index < -0.39 is 4.92 Å². The lowest BCUT2D eigenvalue weighted by atomic mass is 10.0. The van der Waals surface area contributed by atoms with E-state index in [1.54, 1.807) is 12.1 Å². The van der Waals surface area contributed by atoms with Crippen molar-refractivity contribution in [1.29, 1.82) is 0 Å². The summed E-state index contributed by atoms with van der Waals surface area (Å²) in [5, 5.41) is 13.8. The third-order valence-electron chi connectivity index (χ3n) is 5.26. The van der Waals surface area contributed by atoms with E-state index in [1.165, 1.54) is 37.0 Å². The van der Waals surface area contributed by atoms with Crippen molar-refractivity contribution >= 4 is 11.6 Å². The highest BCUT2D eigenvalue weighted by Crippen LogP contribution is 2.25. The molecule has 1 N–H and O–H groups in total. The Kier molecular flexibility index (Phi) is 7.19. The first-order valence-electron chi connectivity index (χ1n) is 9.97. The first-order chi connectivity index (χ1) is 14.0. The molecule has 0 radical (unpaired) electrons. The molecular weight excluding hydrogens is 370 g/mol. The smallest absolute Gasteiger partial charge is 0.310 e. The fourth-order valence-electron chi connectivity index (χ4n) is 3.51. The minimum Gasteiger partial charge on any atom is -0.477 e. The molecule has 1 amide bonds. The molecule has 1 aliphatic rings. The van der Waals surface area contributed by atoms with Gasteiger partial charge in [-0.3, -0.25) is 19.8 Å². The molecule has 1 atom stereocenters. The van der Waals surface area contributed by atoms with Gasteiger partial charge < -0.3 is 10.1 Å². The number of nitrogens with one attached hydrogen (secondary N) is 1. The van der Waals surface area contributed by atoms with Gasteiger partial charge in [0.05, 0.1) is 4.92 Å². The van der Waals surface area contributed by atoms with Crippen LogP contribution in [0.5, 0.6) is 5.75 Å². The van der Waals surface area contributed by atoms with Crippen molar-refractivity contribution in [2.45, 2.75) is 45.3 Å². The number of nitro benzene ring substituents is 1. The number of likely N-dealkylation sites (tertiary alicyclic amines) is 1. The fourth-order valence-corrected chi connectivity index (χ4v) is 3.51. The predicted octanol–water partition coefficient (Wildman–Crippen LogP) is 3.66. The number of hydrogen-bond donors (Lipinski definition) is 1. The Morgan fingerprint density at radius 2 is 1.90 bits per heavy atom. The lowest BCUT2D eigenvalue weighted by Gasteiger charge is -2.33. The molecule has 0 aromatic heterocycles. The van der Waals surface area contributed by atoms with Crippen LogP contribution in [-0.2, 0) is 17.9 Å². The Balaban J connectivity index is 1.45. The molecule has 0 aliphatic carbocycles. The van der Waals surface area contributed by atoms with Crippen molar-refractivity contribution in [3.8, 4) is 5.75 Å². The first kappa shape index (κ1) is 20.8. The van der Waals surface area contributed by atoms with Gasteiger partial charge in [0, 0.05) is 25.2 Å². The maximum absolute atomic E-state index is 12.0. The molecule has 2 aromatic carbocycles. The van der Waals surface area contributed by atoms with E-state index in [4.69, 9.17) is 4.74 Å². The molecule has 1 saturated heterocycles. The van der Waals surface area contributed by atoms with E-state index in [-0.39, 0.29) is 24.0 Å². The Hall–Kier alpha value is -2.93. The summed E-state index contributed by atoms with van der Waals surface area (Å²) in [6.45, 7) is 4.51. The molecule has 29 heavy (non-hydrogen) atoms. The summed E-state index contributed by atoms with van der Waals surface area (Å²) in [6.07, 6.45) is 3.85. The van der Waals surface area contributed by atoms with E-state index >= 15 is 0 Å². The first-order valence-corrected chi connectivity index (χ1v) is 9.97. The molecule has 7 heteroatoms. The SMILES string of the molecule is CC1CCCCN1Cc1ccc(CNC(=O)COc2ccccc2[N+](=O)[O-])cc1. The van der Waals surface area contributed by atoms with Crippen LogP contribution in [0.15, 0.2) is 48.5 Å². The number of amides is 1. The van der Waals surface area contributed by atoms with E-state index in [9.17, 15) is 14.9 Å². The van der Waals surface area contributed by atoms with Crippen LogP contribution in [0, 0.1) is 10.1 Å². The molecule has 154 valence electrons. The number of ether oxygens (including phenoxy) is 1. The standard InChI is InChI=1S/C22H27N3O4/c1-17-6-4-5-13-24(17)15-19-11-9-18(10-12-19)14-23-22(26)16-29-21-8-3-2-7-20(21)25(27)28/h2-3,7-12,17H,4-6,13-16H2,1H3,(H,23,26). The minimum atomic E-state index is -0.528. The number of nitrogens with zero attached hydrogens (tertiary/aromatic N) is 2. The largest absolute Gasteiger partial charge is 0.477 e. The fraction of sp³-hybridized carbons (Fsp3) is 0.409. The van der Waals surface area contributed by atoms with Gasteiger partial charge in [-0.1, -0.05) is 42.8 Å². The normalized spacial score (nSPS) is 16.9. The molecule has 1 fully saturated rings. The Morgan fingerprint density at radius 1 is 1.17 bits per heavy atom. The van der Waals surface area contributed by atoms with Gasteiger partial charge in [0.15, 0.2) is 12.4 Å². The van der Waals surface area contributed by atoms with E-state index in [1.807, 2.05) is 12.1 Å². The van der Waals surface area contributed by atoms with Crippen LogP contribution in [0.3, 0.4) is 0 Å². The van der Waals surface area contributed by atoms with Gasteiger partial charge in [-0.25, -0.2) is 0 Å². The number of rotatable bonds is 8. The summed E-state index contributed by atoms with van der Waals surface area (Å²) < 4.78 is 5.30. The van der Waals surface area contributed by atoms with Crippen molar-refractivity contribution in [3.63, 3.8) is 0 Å². The second-order valence-corrected chi connectivity index (χ2v) is 7.42. The number of carbonyl (C=O) groups is 1. The van der Waals surface area contributed by atoms with Crippen LogP contribution in [0.25, 0.3) is 0 Å². The Morgan fingerprint density at radius 3 is 2.62 bits per heavy atom. The zero-order valence-electron chi connectivity index (χ0n) is 16.7. The second-order valence-electron chi connectivity index (χ2n) is 7.42. The summed E-state index contributed by atoms with van der Waals surface area (Å²) >= 11 is 0. The highest BCUT2D eigenvalue weighted by atomic mass is 16.6. The average Bonchev–Trinajstić information content (AvgIpc) is 2.73. The van der Waals surface area contributed by atoms with Gasteiger partial charge in [0.1, 0.15) is 0 Å². The molecule has 2 aromatic rings. The summed E-state index contributed by atoms with van der Waals surface area (Å²) in [6, 6.07) is 14.9. The van der Waals surface area contributed by atoms with Crippen LogP contribution < -0.4 is 10.1 Å². The third-order valence-corrected chi connectivity index (χ3v) is 5.26. The number of piperidine rings is 1. The third kappa shape index (κ3) is 6.02. The van der Waals surface area contributed by atoms with Crippen molar-refractivity contribution in [3.05, 3.63) is 69.8 Å². The van der Waals surface area contributed by atoms with Gasteiger partial charge in [-0.2, -0.15) is 0 Å². The van der Waals surface area contributed by atoms with Crippen molar-refractivity contribution in [2.24, 2.45) is 0 Å². The van der Waals surface area contributed by atoms with Gasteiger partial charge in [0.25, 0.3) is 5.91 Å². The number of carbonyl (C=O) groups excluding carboxylic acids is 1. The summed E-state index contributed by atoms with van der Waals surface area (Å²) in [7, 11) is 0. The maximum atomic E-state index is 12.0. The quantitative estimate of drug-likeness (QED) is 0.543. The Labute approximate surface area is 170 Å². The van der Waals surface area contributed by atoms with E-state index in [0.29, 0.717) is 12.6 Å². The molecular formula is C22H27N3O4. The van der Waals surface area contributed by atoms with Gasteiger partial charge in [-0.15, -0.1) is 0 Å². The lowest BCUT2D eigenvalue weighted by molar-refractivity contribution is -0.385.